The first-order valence-electron chi connectivity index (χ1n) is 7.07. The van der Waals surface area contributed by atoms with Crippen LogP contribution in [-0.4, -0.2) is 17.5 Å². The van der Waals surface area contributed by atoms with Crippen molar-refractivity contribution < 1.29 is 22.7 Å². The van der Waals surface area contributed by atoms with Gasteiger partial charge in [0.2, 0.25) is 11.8 Å². The quantitative estimate of drug-likeness (QED) is 0.915. The molecule has 0 saturated heterocycles. The van der Waals surface area contributed by atoms with Crippen LogP contribution >= 0.6 is 11.6 Å². The SMILES string of the molecule is O=C(Cc1cc(Cl)ccc1C(F)(F)F)NC1COc2ncccc21. The fourth-order valence-corrected chi connectivity index (χ4v) is 2.76. The first-order chi connectivity index (χ1) is 11.3. The molecule has 2 heterocycles. The van der Waals surface area contributed by atoms with Crippen molar-refractivity contribution in [2.24, 2.45) is 0 Å². The molecule has 0 saturated carbocycles. The molecule has 0 spiro atoms. The molecule has 3 rings (SSSR count). The lowest BCUT2D eigenvalue weighted by Crippen LogP contribution is -2.31. The second-order valence-electron chi connectivity index (χ2n) is 5.30. The van der Waals surface area contributed by atoms with Gasteiger partial charge in [-0.2, -0.15) is 13.2 Å². The number of hydrogen-bond donors (Lipinski definition) is 1. The molecule has 126 valence electrons. The molecule has 2 aromatic rings. The van der Waals surface area contributed by atoms with Crippen LogP contribution in [0.15, 0.2) is 36.5 Å². The van der Waals surface area contributed by atoms with Gasteiger partial charge in [0.05, 0.1) is 18.0 Å². The first kappa shape index (κ1) is 16.6. The zero-order valence-corrected chi connectivity index (χ0v) is 13.0. The van der Waals surface area contributed by atoms with Gasteiger partial charge in [0.25, 0.3) is 0 Å². The minimum atomic E-state index is -4.55. The summed E-state index contributed by atoms with van der Waals surface area (Å²) in [5.41, 5.74) is -0.336. The van der Waals surface area contributed by atoms with Gasteiger partial charge in [-0.15, -0.1) is 0 Å². The predicted octanol–water partition coefficient (Wildman–Crippen LogP) is 3.55. The van der Waals surface area contributed by atoms with Crippen LogP contribution in [0.4, 0.5) is 13.2 Å². The van der Waals surface area contributed by atoms with Crippen molar-refractivity contribution in [2.75, 3.05) is 6.61 Å². The number of hydrogen-bond acceptors (Lipinski definition) is 3. The Hall–Kier alpha value is -2.28. The smallest absolute Gasteiger partial charge is 0.416 e. The van der Waals surface area contributed by atoms with E-state index in [2.05, 4.69) is 10.3 Å². The molecule has 1 aliphatic heterocycles. The van der Waals surface area contributed by atoms with Gasteiger partial charge in [-0.1, -0.05) is 11.6 Å². The third-order valence-corrected chi connectivity index (χ3v) is 3.86. The fraction of sp³-hybridized carbons (Fsp3) is 0.250. The van der Waals surface area contributed by atoms with E-state index in [0.717, 1.165) is 18.2 Å². The number of carbonyl (C=O) groups excluding carboxylic acids is 1. The molecule has 0 aliphatic carbocycles. The number of pyridine rings is 1. The monoisotopic (exact) mass is 356 g/mol. The number of benzene rings is 1. The Bertz CT molecular complexity index is 780. The lowest BCUT2D eigenvalue weighted by atomic mass is 10.0. The molecule has 8 heteroatoms. The number of aromatic nitrogens is 1. The van der Waals surface area contributed by atoms with Crippen molar-refractivity contribution in [1.29, 1.82) is 0 Å². The van der Waals surface area contributed by atoms with Crippen LogP contribution in [0.1, 0.15) is 22.7 Å². The summed E-state index contributed by atoms with van der Waals surface area (Å²) in [4.78, 5) is 16.2. The Kier molecular flexibility index (Phi) is 4.36. The second-order valence-corrected chi connectivity index (χ2v) is 5.74. The van der Waals surface area contributed by atoms with E-state index in [0.29, 0.717) is 11.4 Å². The van der Waals surface area contributed by atoms with Crippen molar-refractivity contribution in [3.63, 3.8) is 0 Å². The zero-order chi connectivity index (χ0) is 17.3. The summed E-state index contributed by atoms with van der Waals surface area (Å²) in [6.45, 7) is 0.194. The molecular weight excluding hydrogens is 345 g/mol. The first-order valence-corrected chi connectivity index (χ1v) is 7.45. The normalized spacial score (nSPS) is 16.4. The van der Waals surface area contributed by atoms with Gasteiger partial charge >= 0.3 is 6.18 Å². The fourth-order valence-electron chi connectivity index (χ4n) is 2.56. The van der Waals surface area contributed by atoms with Gasteiger partial charge in [0.1, 0.15) is 6.61 Å². The van der Waals surface area contributed by atoms with E-state index in [-0.39, 0.29) is 17.2 Å². The Morgan fingerprint density at radius 3 is 2.92 bits per heavy atom. The number of halogens is 4. The summed E-state index contributed by atoms with van der Waals surface area (Å²) < 4.78 is 44.4. The number of ether oxygens (including phenoxy) is 1. The number of rotatable bonds is 3. The molecule has 0 radical (unpaired) electrons. The van der Waals surface area contributed by atoms with Crippen molar-refractivity contribution in [2.45, 2.75) is 18.6 Å². The van der Waals surface area contributed by atoms with Gasteiger partial charge in [-0.3, -0.25) is 4.79 Å². The average Bonchev–Trinajstić information content (AvgIpc) is 2.89. The molecule has 1 N–H and O–H groups in total. The van der Waals surface area contributed by atoms with Crippen LogP contribution in [0.2, 0.25) is 5.02 Å². The molecule has 1 amide bonds. The highest BCUT2D eigenvalue weighted by Crippen LogP contribution is 2.34. The van der Waals surface area contributed by atoms with E-state index in [1.54, 1.807) is 18.3 Å². The maximum absolute atomic E-state index is 13.0. The summed E-state index contributed by atoms with van der Waals surface area (Å²) in [7, 11) is 0. The van der Waals surface area contributed by atoms with Crippen LogP contribution in [0, 0.1) is 0 Å². The number of carbonyl (C=O) groups is 1. The molecule has 4 nitrogen and oxygen atoms in total. The maximum atomic E-state index is 13.0. The van der Waals surface area contributed by atoms with E-state index < -0.39 is 30.1 Å². The predicted molar refractivity (Wildman–Crippen MR) is 80.8 cm³/mol. The Morgan fingerprint density at radius 2 is 2.17 bits per heavy atom. The van der Waals surface area contributed by atoms with Gasteiger partial charge in [0.15, 0.2) is 0 Å². The topological polar surface area (TPSA) is 51.2 Å². The number of nitrogens with zero attached hydrogens (tertiary/aromatic N) is 1. The highest BCUT2D eigenvalue weighted by molar-refractivity contribution is 6.30. The molecule has 1 unspecified atom stereocenters. The third-order valence-electron chi connectivity index (χ3n) is 3.62. The van der Waals surface area contributed by atoms with Gasteiger partial charge in [0, 0.05) is 16.8 Å². The summed E-state index contributed by atoms with van der Waals surface area (Å²) >= 11 is 5.76. The largest absolute Gasteiger partial charge is 0.475 e. The van der Waals surface area contributed by atoms with Gasteiger partial charge in [-0.05, 0) is 35.9 Å². The van der Waals surface area contributed by atoms with Crippen LogP contribution in [0.25, 0.3) is 0 Å². The van der Waals surface area contributed by atoms with E-state index in [9.17, 15) is 18.0 Å². The number of amides is 1. The highest BCUT2D eigenvalue weighted by atomic mass is 35.5. The highest BCUT2D eigenvalue weighted by Gasteiger charge is 2.34. The number of nitrogens with one attached hydrogen (secondary N) is 1. The molecule has 1 aliphatic rings. The average molecular weight is 357 g/mol. The Labute approximate surface area is 140 Å². The van der Waals surface area contributed by atoms with Crippen LogP contribution in [-0.2, 0) is 17.4 Å². The van der Waals surface area contributed by atoms with Crippen molar-refractivity contribution in [1.82, 2.24) is 10.3 Å². The molecule has 1 atom stereocenters. The summed E-state index contributed by atoms with van der Waals surface area (Å²) in [6, 6.07) is 6.20. The minimum Gasteiger partial charge on any atom is -0.475 e. The number of alkyl halides is 3. The van der Waals surface area contributed by atoms with E-state index >= 15 is 0 Å². The third kappa shape index (κ3) is 3.46. The zero-order valence-electron chi connectivity index (χ0n) is 12.2. The lowest BCUT2D eigenvalue weighted by molar-refractivity contribution is -0.138. The van der Waals surface area contributed by atoms with Gasteiger partial charge < -0.3 is 10.1 Å². The summed E-state index contributed by atoms with van der Waals surface area (Å²) in [5.74, 6) is -0.130. The van der Waals surface area contributed by atoms with Gasteiger partial charge in [-0.25, -0.2) is 4.98 Å². The summed E-state index contributed by atoms with van der Waals surface area (Å²) in [5, 5.41) is 2.81. The van der Waals surface area contributed by atoms with E-state index in [1.807, 2.05) is 0 Å². The van der Waals surface area contributed by atoms with Crippen LogP contribution in [0.3, 0.4) is 0 Å². The molecule has 1 aromatic carbocycles. The standard InChI is InChI=1S/C16H12ClF3N2O2/c17-10-3-4-12(16(18,19)20)9(6-10)7-14(23)22-13-8-24-15-11(13)2-1-5-21-15/h1-6,13H,7-8H2,(H,22,23). The van der Waals surface area contributed by atoms with Crippen molar-refractivity contribution >= 4 is 17.5 Å². The maximum Gasteiger partial charge on any atom is 0.416 e. The lowest BCUT2D eigenvalue weighted by Gasteiger charge is -2.15. The number of fused-ring (bicyclic) bond motifs is 1. The Morgan fingerprint density at radius 1 is 1.38 bits per heavy atom. The second kappa shape index (κ2) is 6.32. The Balaban J connectivity index is 1.76. The van der Waals surface area contributed by atoms with Crippen molar-refractivity contribution in [3.05, 3.63) is 58.2 Å². The minimum absolute atomic E-state index is 0.143. The van der Waals surface area contributed by atoms with Crippen molar-refractivity contribution in [3.8, 4) is 5.88 Å². The van der Waals surface area contributed by atoms with Crippen LogP contribution < -0.4 is 10.1 Å². The molecular formula is C16H12ClF3N2O2. The summed E-state index contributed by atoms with van der Waals surface area (Å²) in [6.07, 6.45) is -3.42. The molecule has 24 heavy (non-hydrogen) atoms. The molecule has 1 aromatic heterocycles. The van der Waals surface area contributed by atoms with E-state index in [4.69, 9.17) is 16.3 Å². The van der Waals surface area contributed by atoms with Crippen LogP contribution in [0.5, 0.6) is 5.88 Å². The van der Waals surface area contributed by atoms with E-state index in [1.165, 1.54) is 0 Å². The molecule has 0 bridgehead atoms. The molecule has 0 fully saturated rings.